The van der Waals surface area contributed by atoms with E-state index in [2.05, 4.69) is 39.6 Å². The van der Waals surface area contributed by atoms with Gasteiger partial charge in [0.05, 0.1) is 11.4 Å². The van der Waals surface area contributed by atoms with Gasteiger partial charge in [-0.25, -0.2) is 0 Å². The minimum absolute atomic E-state index is 0.0536. The molecule has 2 heterocycles. The Bertz CT molecular complexity index is 1150. The monoisotopic (exact) mass is 383 g/mol. The van der Waals surface area contributed by atoms with E-state index in [0.29, 0.717) is 6.42 Å². The highest BCUT2D eigenvalue weighted by molar-refractivity contribution is 5.92. The number of para-hydroxylation sites is 1. The van der Waals surface area contributed by atoms with Crippen LogP contribution in [0.15, 0.2) is 66.9 Å². The van der Waals surface area contributed by atoms with Crippen LogP contribution in [0.25, 0.3) is 22.3 Å². The maximum Gasteiger partial charge on any atom is 0.224 e. The first-order valence-electron chi connectivity index (χ1n) is 10.00. The molecule has 4 rings (SSSR count). The van der Waals surface area contributed by atoms with Gasteiger partial charge in [-0.15, -0.1) is 0 Å². The van der Waals surface area contributed by atoms with Crippen LogP contribution >= 0.6 is 0 Å². The van der Waals surface area contributed by atoms with Crippen molar-refractivity contribution in [1.29, 1.82) is 0 Å². The van der Waals surface area contributed by atoms with Crippen molar-refractivity contribution in [1.82, 2.24) is 9.97 Å². The van der Waals surface area contributed by atoms with Crippen molar-refractivity contribution in [2.24, 2.45) is 0 Å². The van der Waals surface area contributed by atoms with E-state index in [9.17, 15) is 4.79 Å². The van der Waals surface area contributed by atoms with Gasteiger partial charge in [0.15, 0.2) is 0 Å². The highest BCUT2D eigenvalue weighted by Gasteiger charge is 2.14. The maximum atomic E-state index is 12.5. The number of carbonyl (C=O) groups excluding carboxylic acids is 1. The first kappa shape index (κ1) is 18.9. The highest BCUT2D eigenvalue weighted by Crippen LogP contribution is 2.30. The van der Waals surface area contributed by atoms with E-state index in [1.165, 1.54) is 10.9 Å². The number of hydrogen-bond donors (Lipinski definition) is 2. The smallest absolute Gasteiger partial charge is 0.224 e. The number of benzene rings is 2. The molecule has 0 aliphatic carbocycles. The third-order valence-electron chi connectivity index (χ3n) is 5.23. The summed E-state index contributed by atoms with van der Waals surface area (Å²) in [5.74, 6) is 0.0536. The van der Waals surface area contributed by atoms with Gasteiger partial charge in [-0.3, -0.25) is 9.78 Å². The number of aryl methyl sites for hydroxylation is 3. The molecule has 29 heavy (non-hydrogen) atoms. The molecule has 146 valence electrons. The van der Waals surface area contributed by atoms with Gasteiger partial charge in [-0.2, -0.15) is 0 Å². The van der Waals surface area contributed by atoms with Crippen LogP contribution in [0.4, 0.5) is 5.69 Å². The minimum Gasteiger partial charge on any atom is -0.353 e. The van der Waals surface area contributed by atoms with E-state index in [-0.39, 0.29) is 5.91 Å². The van der Waals surface area contributed by atoms with Crippen LogP contribution in [0, 0.1) is 13.8 Å². The first-order chi connectivity index (χ1) is 14.1. The Balaban J connectivity index is 1.50. The summed E-state index contributed by atoms with van der Waals surface area (Å²) >= 11 is 0. The molecule has 0 saturated heterocycles. The lowest BCUT2D eigenvalue weighted by Gasteiger charge is -2.10. The molecule has 2 aromatic heterocycles. The number of anilines is 1. The molecule has 0 aliphatic rings. The summed E-state index contributed by atoms with van der Waals surface area (Å²) in [5.41, 5.74) is 7.42. The Morgan fingerprint density at radius 2 is 1.86 bits per heavy atom. The fraction of sp³-hybridized carbons (Fsp3) is 0.200. The number of fused-ring (bicyclic) bond motifs is 1. The lowest BCUT2D eigenvalue weighted by atomic mass is 10.0. The average Bonchev–Trinajstić information content (AvgIpc) is 3.10. The van der Waals surface area contributed by atoms with Gasteiger partial charge in [0, 0.05) is 29.2 Å². The van der Waals surface area contributed by atoms with Crippen molar-refractivity contribution in [3.8, 4) is 11.4 Å². The summed E-state index contributed by atoms with van der Waals surface area (Å²) in [6, 6.07) is 20.3. The first-order valence-corrected chi connectivity index (χ1v) is 10.00. The minimum atomic E-state index is 0.0536. The van der Waals surface area contributed by atoms with Gasteiger partial charge in [-0.05, 0) is 67.6 Å². The predicted octanol–water partition coefficient (Wildman–Crippen LogP) is 5.81. The standard InChI is InChI=1S/C25H25N3O/c1-17-13-14-18(2)23(16-17)27-24(29)12-7-9-20-19-8-3-4-10-21(19)28-25(20)22-11-5-6-15-26-22/h3-6,8,10-11,13-16,28H,7,9,12H2,1-2H3,(H,27,29). The van der Waals surface area contributed by atoms with Crippen LogP contribution in [0.5, 0.6) is 0 Å². The molecule has 0 unspecified atom stereocenters. The molecule has 1 amide bonds. The fourth-order valence-electron chi connectivity index (χ4n) is 3.70. The second-order valence-corrected chi connectivity index (χ2v) is 7.46. The summed E-state index contributed by atoms with van der Waals surface area (Å²) in [6.45, 7) is 4.05. The van der Waals surface area contributed by atoms with Crippen molar-refractivity contribution in [2.75, 3.05) is 5.32 Å². The van der Waals surface area contributed by atoms with Gasteiger partial charge in [0.1, 0.15) is 0 Å². The molecule has 4 nitrogen and oxygen atoms in total. The maximum absolute atomic E-state index is 12.5. The molecular weight excluding hydrogens is 358 g/mol. The lowest BCUT2D eigenvalue weighted by molar-refractivity contribution is -0.116. The molecule has 2 aromatic carbocycles. The zero-order valence-corrected chi connectivity index (χ0v) is 16.8. The zero-order valence-electron chi connectivity index (χ0n) is 16.8. The number of hydrogen-bond acceptors (Lipinski definition) is 2. The van der Waals surface area contributed by atoms with Gasteiger partial charge < -0.3 is 10.3 Å². The van der Waals surface area contributed by atoms with E-state index < -0.39 is 0 Å². The summed E-state index contributed by atoms with van der Waals surface area (Å²) in [5, 5.41) is 4.25. The number of pyridine rings is 1. The van der Waals surface area contributed by atoms with Crippen molar-refractivity contribution >= 4 is 22.5 Å². The predicted molar refractivity (Wildman–Crippen MR) is 119 cm³/mol. The molecule has 2 N–H and O–H groups in total. The largest absolute Gasteiger partial charge is 0.353 e. The van der Waals surface area contributed by atoms with E-state index in [1.807, 2.05) is 56.4 Å². The number of rotatable bonds is 6. The zero-order chi connectivity index (χ0) is 20.2. The van der Waals surface area contributed by atoms with Crippen molar-refractivity contribution < 1.29 is 4.79 Å². The van der Waals surface area contributed by atoms with E-state index in [0.717, 1.165) is 46.6 Å². The van der Waals surface area contributed by atoms with Crippen LogP contribution in [0.3, 0.4) is 0 Å². The molecule has 0 radical (unpaired) electrons. The van der Waals surface area contributed by atoms with Crippen molar-refractivity contribution in [2.45, 2.75) is 33.1 Å². The van der Waals surface area contributed by atoms with Crippen molar-refractivity contribution in [3.63, 3.8) is 0 Å². The van der Waals surface area contributed by atoms with Gasteiger partial charge in [-0.1, -0.05) is 36.4 Å². The number of carbonyl (C=O) groups is 1. The Labute approximate surface area is 171 Å². The normalized spacial score (nSPS) is 11.0. The van der Waals surface area contributed by atoms with E-state index in [4.69, 9.17) is 0 Å². The van der Waals surface area contributed by atoms with Gasteiger partial charge >= 0.3 is 0 Å². The van der Waals surface area contributed by atoms with Crippen LogP contribution in [-0.2, 0) is 11.2 Å². The molecule has 0 bridgehead atoms. The quantitative estimate of drug-likeness (QED) is 0.441. The Morgan fingerprint density at radius 3 is 2.69 bits per heavy atom. The number of H-pyrrole nitrogens is 1. The third-order valence-corrected chi connectivity index (χ3v) is 5.23. The van der Waals surface area contributed by atoms with Crippen LogP contribution in [0.2, 0.25) is 0 Å². The molecule has 0 saturated carbocycles. The summed E-state index contributed by atoms with van der Waals surface area (Å²) in [4.78, 5) is 20.5. The molecule has 0 spiro atoms. The Kier molecular flexibility index (Phi) is 5.43. The Morgan fingerprint density at radius 1 is 1.03 bits per heavy atom. The SMILES string of the molecule is Cc1ccc(C)c(NC(=O)CCCc2c(-c3ccccn3)[nH]c3ccccc23)c1. The highest BCUT2D eigenvalue weighted by atomic mass is 16.1. The Hall–Kier alpha value is -3.40. The van der Waals surface area contributed by atoms with Crippen molar-refractivity contribution in [3.05, 3.63) is 83.6 Å². The third kappa shape index (κ3) is 4.21. The van der Waals surface area contributed by atoms with Gasteiger partial charge in [0.25, 0.3) is 0 Å². The summed E-state index contributed by atoms with van der Waals surface area (Å²) in [6.07, 6.45) is 3.88. The van der Waals surface area contributed by atoms with Crippen LogP contribution < -0.4 is 5.32 Å². The number of amides is 1. The molecular formula is C25H25N3O. The second kappa shape index (κ2) is 8.31. The van der Waals surface area contributed by atoms with E-state index >= 15 is 0 Å². The average molecular weight is 383 g/mol. The molecule has 0 aliphatic heterocycles. The number of nitrogens with zero attached hydrogens (tertiary/aromatic N) is 1. The number of aromatic nitrogens is 2. The topological polar surface area (TPSA) is 57.8 Å². The fourth-order valence-corrected chi connectivity index (χ4v) is 3.70. The number of nitrogens with one attached hydrogen (secondary N) is 2. The summed E-state index contributed by atoms with van der Waals surface area (Å²) < 4.78 is 0. The van der Waals surface area contributed by atoms with Gasteiger partial charge in [0.2, 0.25) is 5.91 Å². The molecule has 4 aromatic rings. The van der Waals surface area contributed by atoms with Crippen LogP contribution in [-0.4, -0.2) is 15.9 Å². The van der Waals surface area contributed by atoms with Crippen LogP contribution in [0.1, 0.15) is 29.5 Å². The molecule has 4 heteroatoms. The summed E-state index contributed by atoms with van der Waals surface area (Å²) in [7, 11) is 0. The lowest BCUT2D eigenvalue weighted by Crippen LogP contribution is -2.12. The second-order valence-electron chi connectivity index (χ2n) is 7.46. The van der Waals surface area contributed by atoms with E-state index in [1.54, 1.807) is 0 Å². The molecule has 0 atom stereocenters. The molecule has 0 fully saturated rings. The number of aromatic amines is 1.